The van der Waals surface area contributed by atoms with E-state index in [1.165, 1.54) is 51.4 Å². The van der Waals surface area contributed by atoms with Gasteiger partial charge in [0.05, 0.1) is 6.61 Å². The maximum absolute atomic E-state index is 8.81. The molecule has 0 aliphatic carbocycles. The van der Waals surface area contributed by atoms with Gasteiger partial charge in [-0.15, -0.1) is 0 Å². The lowest BCUT2D eigenvalue weighted by Crippen LogP contribution is -2.34. The number of hydrogen-bond acceptors (Lipinski definition) is 2. The fourth-order valence-electron chi connectivity index (χ4n) is 2.21. The molecular weight excluding hydrogens is 258 g/mol. The third-order valence-electron chi connectivity index (χ3n) is 3.82. The summed E-state index contributed by atoms with van der Waals surface area (Å²) in [7, 11) is 0. The van der Waals surface area contributed by atoms with E-state index in [0.29, 0.717) is 6.04 Å². The van der Waals surface area contributed by atoms with Crippen molar-refractivity contribution in [3.05, 3.63) is 0 Å². The zero-order chi connectivity index (χ0) is 16.5. The molecule has 0 aromatic heterocycles. The first kappa shape index (κ1) is 23.2. The summed E-state index contributed by atoms with van der Waals surface area (Å²) in [5.74, 6) is 0.755. The van der Waals surface area contributed by atoms with Crippen LogP contribution in [0.15, 0.2) is 0 Å². The first-order valence-corrected chi connectivity index (χ1v) is 9.34. The van der Waals surface area contributed by atoms with Crippen LogP contribution < -0.4 is 0 Å². The van der Waals surface area contributed by atoms with E-state index < -0.39 is 0 Å². The van der Waals surface area contributed by atoms with Gasteiger partial charge >= 0.3 is 0 Å². The maximum Gasteiger partial charge on any atom is 0.0558 e. The van der Waals surface area contributed by atoms with Gasteiger partial charge in [-0.3, -0.25) is 4.90 Å². The van der Waals surface area contributed by atoms with E-state index in [9.17, 15) is 0 Å². The molecule has 0 aliphatic heterocycles. The third kappa shape index (κ3) is 19.9. The van der Waals surface area contributed by atoms with Crippen molar-refractivity contribution in [3.8, 4) is 0 Å². The van der Waals surface area contributed by atoms with E-state index in [1.54, 1.807) is 0 Å². The van der Waals surface area contributed by atoms with Crippen molar-refractivity contribution in [1.82, 2.24) is 4.90 Å². The number of rotatable bonds is 12. The Hall–Kier alpha value is -0.0800. The van der Waals surface area contributed by atoms with E-state index in [1.807, 2.05) is 0 Å². The standard InChI is InChI=1S/C10H23NO.C9H20/c1-9(2)5-6-11(7-8-12)10(3)4;1-3-5-7-9-8-6-4-2/h9-10,12H,5-8H2,1-4H3;3-9H2,1-2H3. The van der Waals surface area contributed by atoms with Gasteiger partial charge < -0.3 is 5.11 Å². The van der Waals surface area contributed by atoms with E-state index in [2.05, 4.69) is 46.4 Å². The van der Waals surface area contributed by atoms with Crippen LogP contribution in [0.4, 0.5) is 0 Å². The van der Waals surface area contributed by atoms with Gasteiger partial charge in [-0.1, -0.05) is 72.6 Å². The maximum atomic E-state index is 8.81. The summed E-state index contributed by atoms with van der Waals surface area (Å²) in [6.07, 6.45) is 11.2. The molecule has 0 radical (unpaired) electrons. The lowest BCUT2D eigenvalue weighted by molar-refractivity contribution is 0.159. The minimum absolute atomic E-state index is 0.274. The highest BCUT2D eigenvalue weighted by Gasteiger charge is 2.08. The summed E-state index contributed by atoms with van der Waals surface area (Å²) in [5, 5.41) is 8.81. The van der Waals surface area contributed by atoms with Crippen LogP contribution in [0.5, 0.6) is 0 Å². The molecular formula is C19H43NO. The van der Waals surface area contributed by atoms with E-state index >= 15 is 0 Å². The van der Waals surface area contributed by atoms with Gasteiger partial charge in [-0.05, 0) is 32.7 Å². The van der Waals surface area contributed by atoms with E-state index in [4.69, 9.17) is 5.11 Å². The van der Waals surface area contributed by atoms with Crippen molar-refractivity contribution >= 4 is 0 Å². The van der Waals surface area contributed by atoms with Crippen molar-refractivity contribution < 1.29 is 5.11 Å². The second kappa shape index (κ2) is 18.0. The molecule has 0 bridgehead atoms. The minimum Gasteiger partial charge on any atom is -0.395 e. The molecule has 0 amide bonds. The van der Waals surface area contributed by atoms with Gasteiger partial charge in [0.2, 0.25) is 0 Å². The van der Waals surface area contributed by atoms with Gasteiger partial charge in [0.25, 0.3) is 0 Å². The lowest BCUT2D eigenvalue weighted by atomic mass is 10.1. The number of nitrogens with zero attached hydrogens (tertiary/aromatic N) is 1. The Bertz CT molecular complexity index is 174. The molecule has 0 fully saturated rings. The summed E-state index contributed by atoms with van der Waals surface area (Å²) < 4.78 is 0. The van der Waals surface area contributed by atoms with Gasteiger partial charge in [0.15, 0.2) is 0 Å². The van der Waals surface area contributed by atoms with Gasteiger partial charge in [-0.2, -0.15) is 0 Å². The fourth-order valence-corrected chi connectivity index (χ4v) is 2.21. The monoisotopic (exact) mass is 301 g/mol. The van der Waals surface area contributed by atoms with Crippen LogP contribution in [0.1, 0.15) is 92.9 Å². The molecule has 0 spiro atoms. The Morgan fingerprint density at radius 2 is 1.24 bits per heavy atom. The molecule has 2 nitrogen and oxygen atoms in total. The average molecular weight is 302 g/mol. The minimum atomic E-state index is 0.274. The van der Waals surface area contributed by atoms with E-state index in [-0.39, 0.29) is 6.61 Å². The number of unbranched alkanes of at least 4 members (excludes halogenated alkanes) is 6. The number of aliphatic hydroxyl groups excluding tert-OH is 1. The predicted molar refractivity (Wildman–Crippen MR) is 96.9 cm³/mol. The third-order valence-corrected chi connectivity index (χ3v) is 3.82. The molecule has 0 saturated heterocycles. The molecule has 0 unspecified atom stereocenters. The molecule has 21 heavy (non-hydrogen) atoms. The Labute approximate surface area is 135 Å². The predicted octanol–water partition coefficient (Wildman–Crippen LogP) is 5.49. The topological polar surface area (TPSA) is 23.5 Å². The van der Waals surface area contributed by atoms with E-state index in [0.717, 1.165) is 19.0 Å². The molecule has 0 aromatic carbocycles. The van der Waals surface area contributed by atoms with Crippen molar-refractivity contribution in [2.24, 2.45) is 5.92 Å². The zero-order valence-corrected chi connectivity index (χ0v) is 15.8. The summed E-state index contributed by atoms with van der Waals surface area (Å²) in [5.41, 5.74) is 0. The Morgan fingerprint density at radius 3 is 1.57 bits per heavy atom. The van der Waals surface area contributed by atoms with Crippen LogP contribution in [0.2, 0.25) is 0 Å². The van der Waals surface area contributed by atoms with Crippen LogP contribution in [0, 0.1) is 5.92 Å². The molecule has 0 aromatic rings. The van der Waals surface area contributed by atoms with Gasteiger partial charge in [0, 0.05) is 12.6 Å². The van der Waals surface area contributed by atoms with Gasteiger partial charge in [-0.25, -0.2) is 0 Å². The van der Waals surface area contributed by atoms with Crippen molar-refractivity contribution in [1.29, 1.82) is 0 Å². The molecule has 0 heterocycles. The first-order chi connectivity index (χ1) is 9.99. The molecule has 1 N–H and O–H groups in total. The molecule has 0 aliphatic rings. The number of aliphatic hydroxyl groups is 1. The van der Waals surface area contributed by atoms with Crippen LogP contribution in [-0.2, 0) is 0 Å². The molecule has 2 heteroatoms. The SMILES string of the molecule is CC(C)CCN(CCO)C(C)C.CCCCCCCCC. The average Bonchev–Trinajstić information content (AvgIpc) is 2.43. The van der Waals surface area contributed by atoms with Crippen LogP contribution in [-0.4, -0.2) is 35.7 Å². The quantitative estimate of drug-likeness (QED) is 0.482. The second-order valence-electron chi connectivity index (χ2n) is 6.80. The Kier molecular flexibility index (Phi) is 19.8. The molecule has 0 atom stereocenters. The molecule has 130 valence electrons. The highest BCUT2D eigenvalue weighted by molar-refractivity contribution is 4.62. The Morgan fingerprint density at radius 1 is 0.762 bits per heavy atom. The zero-order valence-electron chi connectivity index (χ0n) is 15.8. The normalized spacial score (nSPS) is 11.1. The largest absolute Gasteiger partial charge is 0.395 e. The Balaban J connectivity index is 0. The van der Waals surface area contributed by atoms with Crippen LogP contribution in [0.3, 0.4) is 0 Å². The summed E-state index contributed by atoms with van der Waals surface area (Å²) in [6.45, 7) is 15.5. The van der Waals surface area contributed by atoms with Crippen molar-refractivity contribution in [2.75, 3.05) is 19.7 Å². The first-order valence-electron chi connectivity index (χ1n) is 9.34. The van der Waals surface area contributed by atoms with Gasteiger partial charge in [0.1, 0.15) is 0 Å². The smallest absolute Gasteiger partial charge is 0.0558 e. The molecule has 0 saturated carbocycles. The number of hydrogen-bond donors (Lipinski definition) is 1. The lowest BCUT2D eigenvalue weighted by Gasteiger charge is -2.26. The van der Waals surface area contributed by atoms with Crippen molar-refractivity contribution in [3.63, 3.8) is 0 Å². The van der Waals surface area contributed by atoms with Crippen molar-refractivity contribution in [2.45, 2.75) is 99.0 Å². The molecule has 0 rings (SSSR count). The second-order valence-corrected chi connectivity index (χ2v) is 6.80. The summed E-state index contributed by atoms with van der Waals surface area (Å²) in [6, 6.07) is 0.552. The summed E-state index contributed by atoms with van der Waals surface area (Å²) >= 11 is 0. The van der Waals surface area contributed by atoms with Crippen LogP contribution >= 0.6 is 0 Å². The highest BCUT2D eigenvalue weighted by Crippen LogP contribution is 2.06. The summed E-state index contributed by atoms with van der Waals surface area (Å²) in [4.78, 5) is 2.32. The van der Waals surface area contributed by atoms with Crippen LogP contribution in [0.25, 0.3) is 0 Å². The fraction of sp³-hybridized carbons (Fsp3) is 1.00. The highest BCUT2D eigenvalue weighted by atomic mass is 16.3.